The molecule has 10 heteroatoms. The van der Waals surface area contributed by atoms with Gasteiger partial charge in [-0.25, -0.2) is 14.8 Å². The summed E-state index contributed by atoms with van der Waals surface area (Å²) >= 11 is 0. The van der Waals surface area contributed by atoms with Gasteiger partial charge in [0.15, 0.2) is 11.5 Å². The molecular weight excluding hydrogens is 534 g/mol. The Morgan fingerprint density at radius 2 is 1.79 bits per heavy atom. The monoisotopic (exact) mass is 571 g/mol. The molecule has 2 aromatic heterocycles. The molecule has 0 spiro atoms. The van der Waals surface area contributed by atoms with Crippen LogP contribution in [0.15, 0.2) is 61.2 Å². The molecule has 1 aliphatic carbocycles. The molecule has 1 fully saturated rings. The van der Waals surface area contributed by atoms with Crippen molar-refractivity contribution >= 4 is 28.5 Å². The molecule has 0 saturated heterocycles. The van der Waals surface area contributed by atoms with Gasteiger partial charge in [-0.3, -0.25) is 4.98 Å². The molecule has 5 rings (SSSR count). The van der Waals surface area contributed by atoms with E-state index in [1.54, 1.807) is 19.5 Å². The number of pyridine rings is 1. The molecule has 1 aliphatic rings. The van der Waals surface area contributed by atoms with Crippen LogP contribution >= 0.6 is 0 Å². The Kier molecular flexibility index (Phi) is 8.61. The fraction of sp³-hybridized carbons (Fsp3) is 0.375. The van der Waals surface area contributed by atoms with Gasteiger partial charge in [0.1, 0.15) is 29.2 Å². The van der Waals surface area contributed by atoms with E-state index in [0.717, 1.165) is 53.6 Å². The van der Waals surface area contributed by atoms with Crippen LogP contribution < -0.4 is 24.8 Å². The summed E-state index contributed by atoms with van der Waals surface area (Å²) in [6.45, 7) is 7.56. The number of hydrogen-bond acceptors (Lipinski definition) is 9. The third-order valence-corrected chi connectivity index (χ3v) is 6.91. The van der Waals surface area contributed by atoms with Crippen molar-refractivity contribution < 1.29 is 23.7 Å². The molecule has 0 aliphatic heterocycles. The van der Waals surface area contributed by atoms with E-state index in [1.165, 1.54) is 6.33 Å². The maximum Gasteiger partial charge on any atom is 0.407 e. The first-order valence-electron chi connectivity index (χ1n) is 14.1. The zero-order chi connectivity index (χ0) is 29.7. The van der Waals surface area contributed by atoms with E-state index in [9.17, 15) is 4.79 Å². The lowest BCUT2D eigenvalue weighted by Gasteiger charge is -2.30. The summed E-state index contributed by atoms with van der Waals surface area (Å²) in [6.07, 6.45) is 7.72. The summed E-state index contributed by atoms with van der Waals surface area (Å²) in [5, 5.41) is 7.21. The lowest BCUT2D eigenvalue weighted by Crippen LogP contribution is -2.42. The minimum Gasteiger partial charge on any atom is -0.493 e. The predicted molar refractivity (Wildman–Crippen MR) is 161 cm³/mol. The molecule has 2 heterocycles. The fourth-order valence-corrected chi connectivity index (χ4v) is 4.91. The number of aryl methyl sites for hydroxylation is 1. The number of amides is 1. The van der Waals surface area contributed by atoms with Crippen molar-refractivity contribution in [3.8, 4) is 23.0 Å². The first-order chi connectivity index (χ1) is 20.2. The quantitative estimate of drug-likeness (QED) is 0.228. The number of carbonyl (C=O) groups excluding carboxylic acids is 1. The van der Waals surface area contributed by atoms with Gasteiger partial charge in [0.05, 0.1) is 24.9 Å². The highest BCUT2D eigenvalue weighted by atomic mass is 16.6. The minimum atomic E-state index is -0.522. The second-order valence-corrected chi connectivity index (χ2v) is 11.4. The van der Waals surface area contributed by atoms with Crippen LogP contribution in [0.2, 0.25) is 0 Å². The van der Waals surface area contributed by atoms with Crippen molar-refractivity contribution in [1.29, 1.82) is 0 Å². The highest BCUT2D eigenvalue weighted by Crippen LogP contribution is 2.37. The lowest BCUT2D eigenvalue weighted by atomic mass is 9.93. The smallest absolute Gasteiger partial charge is 0.407 e. The Morgan fingerprint density at radius 1 is 0.976 bits per heavy atom. The van der Waals surface area contributed by atoms with Gasteiger partial charge in [-0.05, 0) is 95.3 Å². The van der Waals surface area contributed by atoms with Gasteiger partial charge in [0.2, 0.25) is 0 Å². The second-order valence-electron chi connectivity index (χ2n) is 11.4. The zero-order valence-corrected chi connectivity index (χ0v) is 24.6. The van der Waals surface area contributed by atoms with Crippen LogP contribution in [0.25, 0.3) is 10.9 Å². The first kappa shape index (κ1) is 28.9. The zero-order valence-electron chi connectivity index (χ0n) is 24.6. The Bertz CT molecular complexity index is 1530. The molecule has 10 nitrogen and oxygen atoms in total. The van der Waals surface area contributed by atoms with Crippen LogP contribution in [0.5, 0.6) is 23.0 Å². The average molecular weight is 572 g/mol. The Balaban J connectivity index is 1.28. The van der Waals surface area contributed by atoms with E-state index >= 15 is 0 Å². The number of aromatic nitrogens is 3. The number of carbonyl (C=O) groups is 1. The number of rotatable bonds is 8. The van der Waals surface area contributed by atoms with Crippen molar-refractivity contribution in [2.24, 2.45) is 0 Å². The molecular formula is C32H37N5O5. The first-order valence-corrected chi connectivity index (χ1v) is 14.1. The van der Waals surface area contributed by atoms with E-state index in [0.29, 0.717) is 23.1 Å². The maximum absolute atomic E-state index is 12.2. The van der Waals surface area contributed by atoms with Crippen LogP contribution in [0, 0.1) is 6.92 Å². The summed E-state index contributed by atoms with van der Waals surface area (Å²) in [4.78, 5) is 25.2. The van der Waals surface area contributed by atoms with Crippen molar-refractivity contribution in [2.45, 2.75) is 71.1 Å². The van der Waals surface area contributed by atoms with E-state index < -0.39 is 5.60 Å². The largest absolute Gasteiger partial charge is 0.493 e. The molecule has 4 aromatic rings. The number of fused-ring (bicyclic) bond motifs is 1. The maximum atomic E-state index is 12.2. The number of methoxy groups -OCH3 is 1. The molecule has 0 radical (unpaired) electrons. The third-order valence-electron chi connectivity index (χ3n) is 6.91. The molecule has 0 bridgehead atoms. The predicted octanol–water partition coefficient (Wildman–Crippen LogP) is 7.09. The van der Waals surface area contributed by atoms with Crippen LogP contribution in [0.4, 0.5) is 16.3 Å². The SMILES string of the molecule is COc1cc2ncnc(Nc3ccc(Oc4cccnc4)c(C)c3)c2cc1OC1CCC(NC(=O)OC(C)(C)C)CC1. The topological polar surface area (TPSA) is 117 Å². The molecule has 1 saturated carbocycles. The van der Waals surface area contributed by atoms with Gasteiger partial charge >= 0.3 is 6.09 Å². The van der Waals surface area contributed by atoms with Crippen molar-refractivity contribution in [3.05, 3.63) is 66.7 Å². The van der Waals surface area contributed by atoms with Crippen LogP contribution in [0.3, 0.4) is 0 Å². The average Bonchev–Trinajstić information content (AvgIpc) is 2.95. The summed E-state index contributed by atoms with van der Waals surface area (Å²) in [6, 6.07) is 13.4. The summed E-state index contributed by atoms with van der Waals surface area (Å²) < 4.78 is 23.5. The standard InChI is InChI=1S/C32H37N5O5/c1-20-15-22(10-13-27(20)41-24-7-6-14-33-18-24)36-30-25-16-29(28(39-5)17-26(25)34-19-35-30)40-23-11-8-21(9-12-23)37-31(38)42-32(2,3)4/h6-7,10,13-19,21,23H,8-9,11-12H2,1-5H3,(H,37,38)(H,34,35,36). The Hall–Kier alpha value is -4.60. The number of benzene rings is 2. The van der Waals surface area contributed by atoms with Gasteiger partial charge in [0, 0.05) is 29.4 Å². The molecule has 0 unspecified atom stereocenters. The number of nitrogens with zero attached hydrogens (tertiary/aromatic N) is 3. The van der Waals surface area contributed by atoms with Crippen LogP contribution in [-0.4, -0.2) is 45.9 Å². The highest BCUT2D eigenvalue weighted by molar-refractivity contribution is 5.93. The Morgan fingerprint density at radius 3 is 2.48 bits per heavy atom. The van der Waals surface area contributed by atoms with Crippen molar-refractivity contribution in [3.63, 3.8) is 0 Å². The number of alkyl carbamates (subject to hydrolysis) is 1. The highest BCUT2D eigenvalue weighted by Gasteiger charge is 2.26. The van der Waals surface area contributed by atoms with E-state index in [1.807, 2.05) is 70.2 Å². The Labute approximate surface area is 245 Å². The number of ether oxygens (including phenoxy) is 4. The van der Waals surface area contributed by atoms with Crippen molar-refractivity contribution in [2.75, 3.05) is 12.4 Å². The second kappa shape index (κ2) is 12.5. The minimum absolute atomic E-state index is 0.0101. The number of hydrogen-bond donors (Lipinski definition) is 2. The van der Waals surface area contributed by atoms with Gasteiger partial charge in [0.25, 0.3) is 0 Å². The van der Waals surface area contributed by atoms with E-state index in [4.69, 9.17) is 18.9 Å². The number of nitrogens with one attached hydrogen (secondary N) is 2. The summed E-state index contributed by atoms with van der Waals surface area (Å²) in [7, 11) is 1.62. The van der Waals surface area contributed by atoms with Crippen LogP contribution in [0.1, 0.15) is 52.0 Å². The van der Waals surface area contributed by atoms with Gasteiger partial charge in [-0.15, -0.1) is 0 Å². The van der Waals surface area contributed by atoms with E-state index in [2.05, 4.69) is 25.6 Å². The van der Waals surface area contributed by atoms with Gasteiger partial charge in [-0.1, -0.05) is 0 Å². The van der Waals surface area contributed by atoms with Gasteiger partial charge < -0.3 is 29.6 Å². The molecule has 220 valence electrons. The molecule has 2 N–H and O–H groups in total. The third kappa shape index (κ3) is 7.37. The van der Waals surface area contributed by atoms with Crippen molar-refractivity contribution in [1.82, 2.24) is 20.3 Å². The number of anilines is 2. The summed E-state index contributed by atoms with van der Waals surface area (Å²) in [5.41, 5.74) is 2.03. The van der Waals surface area contributed by atoms with E-state index in [-0.39, 0.29) is 18.2 Å². The molecule has 42 heavy (non-hydrogen) atoms. The summed E-state index contributed by atoms with van der Waals surface area (Å²) in [5.74, 6) is 3.31. The molecule has 2 aromatic carbocycles. The van der Waals surface area contributed by atoms with Gasteiger partial charge in [-0.2, -0.15) is 0 Å². The molecule has 0 atom stereocenters. The van der Waals surface area contributed by atoms with Crippen LogP contribution in [-0.2, 0) is 4.74 Å². The molecule has 1 amide bonds. The normalized spacial score (nSPS) is 16.9. The lowest BCUT2D eigenvalue weighted by molar-refractivity contribution is 0.0470. The fourth-order valence-electron chi connectivity index (χ4n) is 4.91.